The molecule has 2 aromatic carbocycles. The van der Waals surface area contributed by atoms with Gasteiger partial charge in [0.05, 0.1) is 44.6 Å². The van der Waals surface area contributed by atoms with E-state index < -0.39 is 17.7 Å². The molecule has 42 heavy (non-hydrogen) atoms. The third-order valence-electron chi connectivity index (χ3n) is 7.59. The minimum Gasteiger partial charge on any atom is -0.507 e. The molecule has 9 nitrogen and oxygen atoms in total. The van der Waals surface area contributed by atoms with Crippen molar-refractivity contribution in [1.82, 2.24) is 9.80 Å². The summed E-state index contributed by atoms with van der Waals surface area (Å²) < 4.78 is 22.9. The van der Waals surface area contributed by atoms with E-state index in [1.807, 2.05) is 26.8 Å². The Labute approximate surface area is 249 Å². The Morgan fingerprint density at radius 2 is 1.76 bits per heavy atom. The van der Waals surface area contributed by atoms with Crippen molar-refractivity contribution in [2.75, 3.05) is 53.1 Å². The number of nitrogens with zero attached hydrogens (tertiary/aromatic N) is 2. The van der Waals surface area contributed by atoms with E-state index >= 15 is 0 Å². The number of ketones is 1. The van der Waals surface area contributed by atoms with Gasteiger partial charge in [-0.3, -0.25) is 14.5 Å². The van der Waals surface area contributed by atoms with Crippen LogP contribution >= 0.6 is 0 Å². The van der Waals surface area contributed by atoms with Gasteiger partial charge in [0.2, 0.25) is 0 Å². The lowest BCUT2D eigenvalue weighted by molar-refractivity contribution is -0.140. The number of methoxy groups -OCH3 is 1. The molecule has 9 heteroatoms. The maximum atomic E-state index is 13.6. The topological polar surface area (TPSA) is 97.8 Å². The molecule has 0 radical (unpaired) electrons. The van der Waals surface area contributed by atoms with Crippen LogP contribution in [0, 0.1) is 6.92 Å². The zero-order valence-corrected chi connectivity index (χ0v) is 25.5. The van der Waals surface area contributed by atoms with Gasteiger partial charge in [-0.05, 0) is 75.1 Å². The lowest BCUT2D eigenvalue weighted by Crippen LogP contribution is -2.39. The number of aryl methyl sites for hydroxylation is 1. The molecular formula is C33H44N2O7. The van der Waals surface area contributed by atoms with E-state index in [9.17, 15) is 14.7 Å². The van der Waals surface area contributed by atoms with Crippen LogP contribution in [0.25, 0.3) is 5.76 Å². The van der Waals surface area contributed by atoms with Crippen LogP contribution in [0.15, 0.2) is 42.0 Å². The van der Waals surface area contributed by atoms with E-state index in [1.165, 1.54) is 0 Å². The smallest absolute Gasteiger partial charge is 0.295 e. The van der Waals surface area contributed by atoms with Gasteiger partial charge in [-0.15, -0.1) is 0 Å². The van der Waals surface area contributed by atoms with E-state index in [0.29, 0.717) is 61.2 Å². The number of morpholine rings is 1. The van der Waals surface area contributed by atoms with Gasteiger partial charge in [-0.1, -0.05) is 19.4 Å². The molecule has 1 N–H and O–H groups in total. The fraction of sp³-hybridized carbons (Fsp3) is 0.515. The number of hydrogen-bond acceptors (Lipinski definition) is 8. The summed E-state index contributed by atoms with van der Waals surface area (Å²) >= 11 is 0. The first-order chi connectivity index (χ1) is 20.2. The summed E-state index contributed by atoms with van der Waals surface area (Å²) in [5.41, 5.74) is 1.99. The number of amides is 1. The molecule has 2 aromatic rings. The Morgan fingerprint density at radius 1 is 1.02 bits per heavy atom. The molecule has 1 amide bonds. The molecule has 2 saturated heterocycles. The highest BCUT2D eigenvalue weighted by Gasteiger charge is 2.46. The number of unbranched alkanes of at least 4 members (excludes halogenated alkanes) is 1. The van der Waals surface area contributed by atoms with Crippen molar-refractivity contribution >= 4 is 17.4 Å². The van der Waals surface area contributed by atoms with Crippen LogP contribution in [-0.4, -0.2) is 85.8 Å². The molecule has 0 spiro atoms. The van der Waals surface area contributed by atoms with E-state index in [-0.39, 0.29) is 17.4 Å². The second kappa shape index (κ2) is 14.6. The van der Waals surface area contributed by atoms with Gasteiger partial charge in [0.1, 0.15) is 11.5 Å². The molecule has 0 aromatic heterocycles. The molecule has 0 aliphatic carbocycles. The Bertz CT molecular complexity index is 1280. The van der Waals surface area contributed by atoms with Gasteiger partial charge in [-0.25, -0.2) is 0 Å². The van der Waals surface area contributed by atoms with Gasteiger partial charge < -0.3 is 29.0 Å². The standard InChI is InChI=1S/C33H44N2O7/c1-6-7-17-41-27-12-9-24(21-28(27)39-5)30-29(31(36)25-10-11-26(23(4)20-25)42-22(2)3)32(37)33(38)35(30)14-8-13-34-15-18-40-19-16-34/h9-12,20-22,30,36H,6-8,13-19H2,1-5H3/b31-29+. The lowest BCUT2D eigenvalue weighted by Gasteiger charge is -2.29. The number of likely N-dealkylation sites (tertiary alicyclic amines) is 1. The van der Waals surface area contributed by atoms with E-state index in [4.69, 9.17) is 18.9 Å². The van der Waals surface area contributed by atoms with Gasteiger partial charge >= 0.3 is 0 Å². The molecule has 4 rings (SSSR count). The van der Waals surface area contributed by atoms with Crippen LogP contribution in [0.4, 0.5) is 0 Å². The van der Waals surface area contributed by atoms with Crippen LogP contribution in [-0.2, 0) is 14.3 Å². The first-order valence-corrected chi connectivity index (χ1v) is 14.9. The third kappa shape index (κ3) is 7.25. The Morgan fingerprint density at radius 3 is 2.43 bits per heavy atom. The van der Waals surface area contributed by atoms with Crippen LogP contribution in [0.2, 0.25) is 0 Å². The first-order valence-electron chi connectivity index (χ1n) is 14.9. The van der Waals surface area contributed by atoms with Crippen molar-refractivity contribution in [2.45, 2.75) is 59.1 Å². The number of carbonyl (C=O) groups excluding carboxylic acids is 2. The molecule has 2 fully saturated rings. The summed E-state index contributed by atoms with van der Waals surface area (Å²) in [5, 5.41) is 11.6. The van der Waals surface area contributed by atoms with Crippen molar-refractivity contribution in [3.8, 4) is 17.2 Å². The quantitative estimate of drug-likeness (QED) is 0.151. The zero-order valence-electron chi connectivity index (χ0n) is 25.5. The maximum absolute atomic E-state index is 13.6. The van der Waals surface area contributed by atoms with Gasteiger partial charge in [-0.2, -0.15) is 0 Å². The second-order valence-corrected chi connectivity index (χ2v) is 11.1. The number of aliphatic hydroxyl groups excluding tert-OH is 1. The number of Topliss-reactive ketones (excluding diaryl/α,β-unsaturated/α-hetero) is 1. The molecule has 0 saturated carbocycles. The van der Waals surface area contributed by atoms with Crippen LogP contribution in [0.3, 0.4) is 0 Å². The summed E-state index contributed by atoms with van der Waals surface area (Å²) in [7, 11) is 1.56. The number of hydrogen-bond donors (Lipinski definition) is 1. The molecule has 2 aliphatic heterocycles. The average Bonchev–Trinajstić information content (AvgIpc) is 3.23. The predicted molar refractivity (Wildman–Crippen MR) is 161 cm³/mol. The lowest BCUT2D eigenvalue weighted by atomic mass is 9.94. The summed E-state index contributed by atoms with van der Waals surface area (Å²) in [4.78, 5) is 30.9. The average molecular weight is 581 g/mol. The van der Waals surface area contributed by atoms with Crippen molar-refractivity contribution in [3.63, 3.8) is 0 Å². The molecule has 0 bridgehead atoms. The van der Waals surface area contributed by atoms with E-state index in [2.05, 4.69) is 11.8 Å². The number of rotatable bonds is 13. The first kappa shape index (κ1) is 31.4. The maximum Gasteiger partial charge on any atom is 0.295 e. The zero-order chi connectivity index (χ0) is 30.2. The molecule has 228 valence electrons. The Balaban J connectivity index is 1.72. The predicted octanol–water partition coefficient (Wildman–Crippen LogP) is 5.11. The highest BCUT2D eigenvalue weighted by molar-refractivity contribution is 6.46. The van der Waals surface area contributed by atoms with Gasteiger partial charge in [0.25, 0.3) is 11.7 Å². The minimum absolute atomic E-state index is 0.00478. The normalized spacial score (nSPS) is 19.0. The molecule has 2 aliphatic rings. The number of carbonyl (C=O) groups is 2. The monoisotopic (exact) mass is 580 g/mol. The third-order valence-corrected chi connectivity index (χ3v) is 7.59. The van der Waals surface area contributed by atoms with Gasteiger partial charge in [0, 0.05) is 31.7 Å². The number of ether oxygens (including phenoxy) is 4. The number of benzene rings is 2. The Kier molecular flexibility index (Phi) is 10.9. The molecule has 1 unspecified atom stereocenters. The van der Waals surface area contributed by atoms with Crippen molar-refractivity contribution in [2.24, 2.45) is 0 Å². The van der Waals surface area contributed by atoms with Crippen LogP contribution in [0.5, 0.6) is 17.2 Å². The van der Waals surface area contributed by atoms with E-state index in [0.717, 1.165) is 38.0 Å². The van der Waals surface area contributed by atoms with E-state index in [1.54, 1.807) is 42.3 Å². The second-order valence-electron chi connectivity index (χ2n) is 11.1. The molecule has 2 heterocycles. The van der Waals surface area contributed by atoms with Crippen molar-refractivity contribution < 1.29 is 33.6 Å². The van der Waals surface area contributed by atoms with Gasteiger partial charge in [0.15, 0.2) is 11.5 Å². The fourth-order valence-corrected chi connectivity index (χ4v) is 5.38. The Hall–Kier alpha value is -3.56. The summed E-state index contributed by atoms with van der Waals surface area (Å²) in [6.07, 6.45) is 2.59. The molecular weight excluding hydrogens is 536 g/mol. The largest absolute Gasteiger partial charge is 0.507 e. The minimum atomic E-state index is -0.778. The number of aliphatic hydroxyl groups is 1. The summed E-state index contributed by atoms with van der Waals surface area (Å²) in [5.74, 6) is 0.262. The van der Waals surface area contributed by atoms with Crippen molar-refractivity contribution in [1.29, 1.82) is 0 Å². The SMILES string of the molecule is CCCCOc1ccc(C2/C(=C(\O)c3ccc(OC(C)C)c(C)c3)C(=O)C(=O)N2CCCN2CCOCC2)cc1OC. The summed E-state index contributed by atoms with van der Waals surface area (Å²) in [6, 6.07) is 9.94. The summed E-state index contributed by atoms with van der Waals surface area (Å²) in [6.45, 7) is 12.6. The highest BCUT2D eigenvalue weighted by atomic mass is 16.5. The highest BCUT2D eigenvalue weighted by Crippen LogP contribution is 2.42. The van der Waals surface area contributed by atoms with Crippen molar-refractivity contribution in [3.05, 3.63) is 58.7 Å². The molecule has 1 atom stereocenters. The van der Waals surface area contributed by atoms with Crippen LogP contribution < -0.4 is 14.2 Å². The fourth-order valence-electron chi connectivity index (χ4n) is 5.38. The van der Waals surface area contributed by atoms with Crippen LogP contribution in [0.1, 0.15) is 62.8 Å².